The molecule has 1 saturated heterocycles. The van der Waals surface area contributed by atoms with Crippen LogP contribution in [0.15, 0.2) is 42.5 Å². The highest BCUT2D eigenvalue weighted by Crippen LogP contribution is 2.23. The summed E-state index contributed by atoms with van der Waals surface area (Å²) in [5.41, 5.74) is 7.46. The molecule has 0 atom stereocenters. The van der Waals surface area contributed by atoms with E-state index < -0.39 is 5.60 Å². The first kappa shape index (κ1) is 21.3. The van der Waals surface area contributed by atoms with E-state index in [2.05, 4.69) is 10.2 Å². The topological polar surface area (TPSA) is 108 Å². The zero-order chi connectivity index (χ0) is 21.9. The molecule has 3 rings (SSSR count). The fourth-order valence-electron chi connectivity index (χ4n) is 3.17. The van der Waals surface area contributed by atoms with Crippen molar-refractivity contribution in [2.24, 2.45) is 0 Å². The van der Waals surface area contributed by atoms with Crippen molar-refractivity contribution in [2.75, 3.05) is 42.1 Å². The lowest BCUT2D eigenvalue weighted by Gasteiger charge is -2.36. The van der Waals surface area contributed by atoms with E-state index in [-0.39, 0.29) is 23.3 Å². The number of phenols is 1. The van der Waals surface area contributed by atoms with Crippen LogP contribution in [0.1, 0.15) is 31.1 Å². The molecule has 2 aromatic rings. The zero-order valence-corrected chi connectivity index (χ0v) is 17.5. The summed E-state index contributed by atoms with van der Waals surface area (Å²) in [5.74, 6) is -0.405. The van der Waals surface area contributed by atoms with E-state index in [0.717, 1.165) is 5.69 Å². The number of nitrogens with zero attached hydrogens (tertiary/aromatic N) is 2. The summed E-state index contributed by atoms with van der Waals surface area (Å²) >= 11 is 0. The zero-order valence-electron chi connectivity index (χ0n) is 17.5. The van der Waals surface area contributed by atoms with Gasteiger partial charge in [0, 0.05) is 43.2 Å². The maximum atomic E-state index is 12.4. The number of nitrogens with two attached hydrogens (primary N) is 1. The van der Waals surface area contributed by atoms with Crippen LogP contribution in [0.3, 0.4) is 0 Å². The predicted octanol–water partition coefficient (Wildman–Crippen LogP) is 3.28. The van der Waals surface area contributed by atoms with Crippen molar-refractivity contribution in [2.45, 2.75) is 26.4 Å². The Hall–Kier alpha value is -3.42. The molecule has 1 fully saturated rings. The number of ether oxygens (including phenoxy) is 1. The predicted molar refractivity (Wildman–Crippen MR) is 117 cm³/mol. The third-order valence-corrected chi connectivity index (χ3v) is 4.70. The first-order chi connectivity index (χ1) is 14.1. The minimum atomic E-state index is -0.502. The molecule has 4 N–H and O–H groups in total. The normalized spacial score (nSPS) is 14.4. The van der Waals surface area contributed by atoms with Gasteiger partial charge in [-0.15, -0.1) is 0 Å². The van der Waals surface area contributed by atoms with E-state index in [1.54, 1.807) is 4.90 Å². The Kier molecular flexibility index (Phi) is 6.05. The van der Waals surface area contributed by atoms with Gasteiger partial charge in [0.25, 0.3) is 5.91 Å². The number of hydrogen-bond donors (Lipinski definition) is 3. The number of phenolic OH excluding ortho intramolecular Hbond substituents is 1. The molecule has 160 valence electrons. The molecule has 1 aliphatic rings. The number of carbonyl (C=O) groups is 2. The summed E-state index contributed by atoms with van der Waals surface area (Å²) in [6.45, 7) is 8.15. The van der Waals surface area contributed by atoms with Gasteiger partial charge in [0.05, 0.1) is 5.56 Å². The van der Waals surface area contributed by atoms with Gasteiger partial charge in [-0.1, -0.05) is 0 Å². The Morgan fingerprint density at radius 1 is 1.03 bits per heavy atom. The van der Waals surface area contributed by atoms with Gasteiger partial charge in [0.2, 0.25) is 0 Å². The molecule has 2 amide bonds. The van der Waals surface area contributed by atoms with Gasteiger partial charge in [0.1, 0.15) is 11.4 Å². The molecule has 2 aromatic carbocycles. The second-order valence-electron chi connectivity index (χ2n) is 8.23. The van der Waals surface area contributed by atoms with Crippen LogP contribution in [0.25, 0.3) is 0 Å². The van der Waals surface area contributed by atoms with Crippen LogP contribution >= 0.6 is 0 Å². The second kappa shape index (κ2) is 8.52. The van der Waals surface area contributed by atoms with Crippen LogP contribution in [0, 0.1) is 0 Å². The number of aromatic hydroxyl groups is 1. The number of hydrogen-bond acceptors (Lipinski definition) is 6. The molecule has 1 aliphatic heterocycles. The Morgan fingerprint density at radius 3 is 2.27 bits per heavy atom. The summed E-state index contributed by atoms with van der Waals surface area (Å²) in [7, 11) is 0. The largest absolute Gasteiger partial charge is 0.508 e. The fourth-order valence-corrected chi connectivity index (χ4v) is 3.17. The van der Waals surface area contributed by atoms with E-state index in [1.807, 2.05) is 45.0 Å². The van der Waals surface area contributed by atoms with Crippen LogP contribution in [-0.2, 0) is 4.74 Å². The Labute approximate surface area is 176 Å². The summed E-state index contributed by atoms with van der Waals surface area (Å²) in [6, 6.07) is 11.7. The summed E-state index contributed by atoms with van der Waals surface area (Å²) in [5, 5.41) is 12.4. The molecular formula is C22H28N4O4. The van der Waals surface area contributed by atoms with Gasteiger partial charge in [0.15, 0.2) is 0 Å². The van der Waals surface area contributed by atoms with Gasteiger partial charge in [-0.25, -0.2) is 4.79 Å². The van der Waals surface area contributed by atoms with Gasteiger partial charge in [-0.3, -0.25) is 4.79 Å². The Morgan fingerprint density at radius 2 is 1.67 bits per heavy atom. The van der Waals surface area contributed by atoms with Crippen molar-refractivity contribution in [3.8, 4) is 5.75 Å². The lowest BCUT2D eigenvalue weighted by atomic mass is 10.1. The summed E-state index contributed by atoms with van der Waals surface area (Å²) in [4.78, 5) is 28.5. The molecule has 0 spiro atoms. The van der Waals surface area contributed by atoms with Gasteiger partial charge in [-0.05, 0) is 63.2 Å². The second-order valence-corrected chi connectivity index (χ2v) is 8.23. The van der Waals surface area contributed by atoms with Crippen molar-refractivity contribution in [3.05, 3.63) is 48.0 Å². The number of rotatable bonds is 3. The van der Waals surface area contributed by atoms with Crippen LogP contribution in [-0.4, -0.2) is 53.8 Å². The molecule has 30 heavy (non-hydrogen) atoms. The average Bonchev–Trinajstić information content (AvgIpc) is 2.69. The number of carbonyl (C=O) groups excluding carboxylic acids is 2. The lowest BCUT2D eigenvalue weighted by molar-refractivity contribution is 0.0240. The molecule has 0 saturated carbocycles. The van der Waals surface area contributed by atoms with Crippen molar-refractivity contribution < 1.29 is 19.4 Å². The van der Waals surface area contributed by atoms with Crippen LogP contribution in [0.2, 0.25) is 0 Å². The van der Waals surface area contributed by atoms with Crippen LogP contribution in [0.4, 0.5) is 21.9 Å². The molecule has 0 bridgehead atoms. The summed E-state index contributed by atoms with van der Waals surface area (Å²) in [6.07, 6.45) is -0.286. The third-order valence-electron chi connectivity index (χ3n) is 4.70. The number of benzene rings is 2. The van der Waals surface area contributed by atoms with Gasteiger partial charge < -0.3 is 30.7 Å². The van der Waals surface area contributed by atoms with E-state index in [9.17, 15) is 14.7 Å². The minimum Gasteiger partial charge on any atom is -0.508 e. The SMILES string of the molecule is CC(C)(C)OC(=O)N1CCN(c2ccc(NC(=O)c3cc(O)ccc3N)cc2)CC1. The fraction of sp³-hybridized carbons (Fsp3) is 0.364. The molecular weight excluding hydrogens is 384 g/mol. The van der Waals surface area contributed by atoms with Gasteiger partial charge in [-0.2, -0.15) is 0 Å². The third kappa shape index (κ3) is 5.34. The number of nitrogen functional groups attached to an aromatic ring is 1. The quantitative estimate of drug-likeness (QED) is 0.527. The smallest absolute Gasteiger partial charge is 0.410 e. The molecule has 0 unspecified atom stereocenters. The number of nitrogens with one attached hydrogen (secondary N) is 1. The Balaban J connectivity index is 1.57. The highest BCUT2D eigenvalue weighted by atomic mass is 16.6. The van der Waals surface area contributed by atoms with Crippen LogP contribution in [0.5, 0.6) is 5.75 Å². The highest BCUT2D eigenvalue weighted by molar-refractivity contribution is 6.08. The minimum absolute atomic E-state index is 0.0183. The number of amides is 2. The monoisotopic (exact) mass is 412 g/mol. The van der Waals surface area contributed by atoms with Crippen molar-refractivity contribution in [1.82, 2.24) is 4.90 Å². The lowest BCUT2D eigenvalue weighted by Crippen LogP contribution is -2.50. The maximum Gasteiger partial charge on any atom is 0.410 e. The van der Waals surface area contributed by atoms with E-state index in [0.29, 0.717) is 37.6 Å². The van der Waals surface area contributed by atoms with Crippen molar-refractivity contribution in [1.29, 1.82) is 0 Å². The first-order valence-corrected chi connectivity index (χ1v) is 9.85. The highest BCUT2D eigenvalue weighted by Gasteiger charge is 2.26. The van der Waals surface area contributed by atoms with E-state index in [4.69, 9.17) is 10.5 Å². The number of anilines is 3. The molecule has 0 aliphatic carbocycles. The van der Waals surface area contributed by atoms with Crippen molar-refractivity contribution >= 4 is 29.1 Å². The van der Waals surface area contributed by atoms with Crippen molar-refractivity contribution in [3.63, 3.8) is 0 Å². The first-order valence-electron chi connectivity index (χ1n) is 9.85. The van der Waals surface area contributed by atoms with E-state index >= 15 is 0 Å². The van der Waals surface area contributed by atoms with E-state index in [1.165, 1.54) is 18.2 Å². The standard InChI is InChI=1S/C22H28N4O4/c1-22(2,3)30-21(29)26-12-10-25(11-13-26)16-6-4-15(5-7-16)24-20(28)18-14-17(27)8-9-19(18)23/h4-9,14,27H,10-13,23H2,1-3H3,(H,24,28). The maximum absolute atomic E-state index is 12.4. The van der Waals surface area contributed by atoms with Gasteiger partial charge >= 0.3 is 6.09 Å². The molecule has 8 nitrogen and oxygen atoms in total. The van der Waals surface area contributed by atoms with Crippen LogP contribution < -0.4 is 16.0 Å². The summed E-state index contributed by atoms with van der Waals surface area (Å²) < 4.78 is 5.43. The Bertz CT molecular complexity index is 914. The average molecular weight is 412 g/mol. The number of piperazine rings is 1. The molecule has 0 radical (unpaired) electrons. The molecule has 1 heterocycles. The molecule has 8 heteroatoms. The molecule has 0 aromatic heterocycles.